The highest BCUT2D eigenvalue weighted by Crippen LogP contribution is 2.20. The topological polar surface area (TPSA) is 86.3 Å². The zero-order valence-electron chi connectivity index (χ0n) is 15.7. The Morgan fingerprint density at radius 2 is 2.08 bits per heavy atom. The Kier molecular flexibility index (Phi) is 5.56. The number of amides is 1. The Balaban J connectivity index is 1.85. The van der Waals surface area contributed by atoms with Gasteiger partial charge in [0.1, 0.15) is 5.75 Å². The van der Waals surface area contributed by atoms with Crippen LogP contribution in [0, 0.1) is 0 Å². The second-order valence-corrected chi connectivity index (χ2v) is 6.96. The lowest BCUT2D eigenvalue weighted by Gasteiger charge is -2.30. The SMILES string of the molecule is CCc1c(C(=O)N2CCC[C@@H](N)C2)nnn1-c1ccc(OC(C)C)cc1. The maximum Gasteiger partial charge on any atom is 0.276 e. The Labute approximate surface area is 154 Å². The van der Waals surface area contributed by atoms with E-state index in [1.54, 1.807) is 9.58 Å². The van der Waals surface area contributed by atoms with E-state index in [2.05, 4.69) is 10.3 Å². The molecule has 2 heterocycles. The normalized spacial score (nSPS) is 17.6. The van der Waals surface area contributed by atoms with Crippen LogP contribution in [-0.2, 0) is 6.42 Å². The summed E-state index contributed by atoms with van der Waals surface area (Å²) in [5.41, 5.74) is 8.10. The average molecular weight is 357 g/mol. The van der Waals surface area contributed by atoms with E-state index in [1.165, 1.54) is 0 Å². The van der Waals surface area contributed by atoms with Gasteiger partial charge in [0.2, 0.25) is 0 Å². The summed E-state index contributed by atoms with van der Waals surface area (Å²) in [7, 11) is 0. The summed E-state index contributed by atoms with van der Waals surface area (Å²) in [5.74, 6) is 0.725. The number of benzene rings is 1. The Morgan fingerprint density at radius 3 is 2.69 bits per heavy atom. The van der Waals surface area contributed by atoms with Crippen LogP contribution < -0.4 is 10.5 Å². The van der Waals surface area contributed by atoms with Crippen LogP contribution in [0.5, 0.6) is 5.75 Å². The Morgan fingerprint density at radius 1 is 1.35 bits per heavy atom. The molecule has 7 heteroatoms. The van der Waals surface area contributed by atoms with Gasteiger partial charge in [-0.15, -0.1) is 5.10 Å². The zero-order valence-corrected chi connectivity index (χ0v) is 15.7. The zero-order chi connectivity index (χ0) is 18.7. The summed E-state index contributed by atoms with van der Waals surface area (Å²) in [6.07, 6.45) is 2.68. The monoisotopic (exact) mass is 357 g/mol. The minimum absolute atomic E-state index is 0.0429. The van der Waals surface area contributed by atoms with Crippen molar-refractivity contribution in [1.29, 1.82) is 0 Å². The van der Waals surface area contributed by atoms with E-state index in [4.69, 9.17) is 10.5 Å². The van der Waals surface area contributed by atoms with Gasteiger partial charge in [0.05, 0.1) is 17.5 Å². The van der Waals surface area contributed by atoms with Gasteiger partial charge < -0.3 is 15.4 Å². The van der Waals surface area contributed by atoms with E-state index < -0.39 is 0 Å². The van der Waals surface area contributed by atoms with Crippen LogP contribution in [0.1, 0.15) is 49.8 Å². The van der Waals surface area contributed by atoms with Crippen LogP contribution in [0.2, 0.25) is 0 Å². The fourth-order valence-electron chi connectivity index (χ4n) is 3.27. The van der Waals surface area contributed by atoms with E-state index in [9.17, 15) is 4.79 Å². The van der Waals surface area contributed by atoms with Crippen molar-refractivity contribution in [2.45, 2.75) is 52.2 Å². The number of carbonyl (C=O) groups excluding carboxylic acids is 1. The van der Waals surface area contributed by atoms with Crippen LogP contribution in [-0.4, -0.2) is 51.0 Å². The first-order valence-electron chi connectivity index (χ1n) is 9.26. The first-order chi connectivity index (χ1) is 12.5. The summed E-state index contributed by atoms with van der Waals surface area (Å²) < 4.78 is 7.41. The summed E-state index contributed by atoms with van der Waals surface area (Å²) >= 11 is 0. The van der Waals surface area contributed by atoms with Gasteiger partial charge in [0, 0.05) is 19.1 Å². The van der Waals surface area contributed by atoms with E-state index in [-0.39, 0.29) is 18.1 Å². The second kappa shape index (κ2) is 7.86. The van der Waals surface area contributed by atoms with Gasteiger partial charge in [-0.2, -0.15) is 0 Å². The lowest BCUT2D eigenvalue weighted by atomic mass is 10.1. The highest BCUT2D eigenvalue weighted by atomic mass is 16.5. The van der Waals surface area contributed by atoms with E-state index in [0.717, 1.165) is 36.5 Å². The number of aromatic nitrogens is 3. The summed E-state index contributed by atoms with van der Waals surface area (Å²) in [6, 6.07) is 7.71. The molecule has 7 nitrogen and oxygen atoms in total. The number of likely N-dealkylation sites (tertiary alicyclic amines) is 1. The van der Waals surface area contributed by atoms with Crippen molar-refractivity contribution in [2.75, 3.05) is 13.1 Å². The van der Waals surface area contributed by atoms with Crippen LogP contribution >= 0.6 is 0 Å². The molecule has 2 N–H and O–H groups in total. The molecule has 1 aromatic heterocycles. The predicted octanol–water partition coefficient (Wildman–Crippen LogP) is 2.18. The third-order valence-corrected chi connectivity index (χ3v) is 4.50. The van der Waals surface area contributed by atoms with Gasteiger partial charge in [0.15, 0.2) is 5.69 Å². The van der Waals surface area contributed by atoms with Gasteiger partial charge in [-0.3, -0.25) is 4.79 Å². The number of hydrogen-bond donors (Lipinski definition) is 1. The molecule has 1 aliphatic rings. The number of ether oxygens (including phenoxy) is 1. The molecule has 1 atom stereocenters. The van der Waals surface area contributed by atoms with Crippen molar-refractivity contribution in [3.05, 3.63) is 35.7 Å². The number of carbonyl (C=O) groups is 1. The van der Waals surface area contributed by atoms with Crippen molar-refractivity contribution in [3.63, 3.8) is 0 Å². The minimum atomic E-state index is -0.0805. The lowest BCUT2D eigenvalue weighted by molar-refractivity contribution is 0.0701. The third-order valence-electron chi connectivity index (χ3n) is 4.50. The first kappa shape index (κ1) is 18.4. The standard InChI is InChI=1S/C19H27N5O2/c1-4-17-18(19(25)23-11-5-6-14(20)12-23)21-22-24(17)15-7-9-16(10-8-15)26-13(2)3/h7-10,13-14H,4-6,11-12,20H2,1-3H3/t14-/m1/s1. The molecule has 1 amide bonds. The van der Waals surface area contributed by atoms with Gasteiger partial charge in [0.25, 0.3) is 5.91 Å². The third kappa shape index (κ3) is 3.88. The minimum Gasteiger partial charge on any atom is -0.491 e. The number of piperidine rings is 1. The maximum absolute atomic E-state index is 12.9. The smallest absolute Gasteiger partial charge is 0.276 e. The molecule has 0 aliphatic carbocycles. The summed E-state index contributed by atoms with van der Waals surface area (Å²) in [5, 5.41) is 8.41. The molecule has 0 unspecified atom stereocenters. The fourth-order valence-corrected chi connectivity index (χ4v) is 3.27. The number of nitrogens with zero attached hydrogens (tertiary/aromatic N) is 4. The van der Waals surface area contributed by atoms with E-state index in [1.807, 2.05) is 45.0 Å². The van der Waals surface area contributed by atoms with E-state index >= 15 is 0 Å². The lowest BCUT2D eigenvalue weighted by Crippen LogP contribution is -2.46. The van der Waals surface area contributed by atoms with Gasteiger partial charge in [-0.1, -0.05) is 12.1 Å². The van der Waals surface area contributed by atoms with Crippen LogP contribution in [0.25, 0.3) is 5.69 Å². The predicted molar refractivity (Wildman–Crippen MR) is 99.6 cm³/mol. The fraction of sp³-hybridized carbons (Fsp3) is 0.526. The quantitative estimate of drug-likeness (QED) is 0.886. The van der Waals surface area contributed by atoms with E-state index in [0.29, 0.717) is 18.7 Å². The number of nitrogens with two attached hydrogens (primary N) is 1. The van der Waals surface area contributed by atoms with Crippen LogP contribution in [0.4, 0.5) is 0 Å². The second-order valence-electron chi connectivity index (χ2n) is 6.96. The van der Waals surface area contributed by atoms with Crippen molar-refractivity contribution in [3.8, 4) is 11.4 Å². The van der Waals surface area contributed by atoms with Crippen LogP contribution in [0.3, 0.4) is 0 Å². The average Bonchev–Trinajstić information content (AvgIpc) is 3.05. The van der Waals surface area contributed by atoms with Gasteiger partial charge >= 0.3 is 0 Å². The van der Waals surface area contributed by atoms with Crippen molar-refractivity contribution >= 4 is 5.91 Å². The number of hydrogen-bond acceptors (Lipinski definition) is 5. The molecule has 140 valence electrons. The molecular formula is C19H27N5O2. The molecule has 2 aromatic rings. The molecule has 26 heavy (non-hydrogen) atoms. The molecule has 1 fully saturated rings. The van der Waals surface area contributed by atoms with Crippen molar-refractivity contribution in [1.82, 2.24) is 19.9 Å². The molecule has 0 spiro atoms. The molecule has 0 saturated carbocycles. The van der Waals surface area contributed by atoms with Crippen LogP contribution in [0.15, 0.2) is 24.3 Å². The van der Waals surface area contributed by atoms with Crippen molar-refractivity contribution < 1.29 is 9.53 Å². The Bertz CT molecular complexity index is 754. The summed E-state index contributed by atoms with van der Waals surface area (Å²) in [4.78, 5) is 14.7. The first-order valence-corrected chi connectivity index (χ1v) is 9.26. The highest BCUT2D eigenvalue weighted by Gasteiger charge is 2.27. The molecule has 1 aromatic carbocycles. The maximum atomic E-state index is 12.9. The van der Waals surface area contributed by atoms with Gasteiger partial charge in [-0.05, 0) is 57.4 Å². The molecule has 0 bridgehead atoms. The molecule has 1 aliphatic heterocycles. The largest absolute Gasteiger partial charge is 0.491 e. The molecule has 3 rings (SSSR count). The molecular weight excluding hydrogens is 330 g/mol. The molecule has 0 radical (unpaired) electrons. The Hall–Kier alpha value is -2.41. The number of rotatable bonds is 5. The summed E-state index contributed by atoms with van der Waals surface area (Å²) in [6.45, 7) is 7.29. The van der Waals surface area contributed by atoms with Gasteiger partial charge in [-0.25, -0.2) is 4.68 Å². The van der Waals surface area contributed by atoms with Crippen molar-refractivity contribution in [2.24, 2.45) is 5.73 Å². The highest BCUT2D eigenvalue weighted by molar-refractivity contribution is 5.93. The molecule has 1 saturated heterocycles.